The third-order valence-corrected chi connectivity index (χ3v) is 18.3. The van der Waals surface area contributed by atoms with Crippen LogP contribution in [0.3, 0.4) is 0 Å². The summed E-state index contributed by atoms with van der Waals surface area (Å²) < 4.78 is 0. The number of hydrogen-bond acceptors (Lipinski definition) is 35. The summed E-state index contributed by atoms with van der Waals surface area (Å²) in [5, 5.41) is 210. The van der Waals surface area contributed by atoms with Crippen LogP contribution >= 0.6 is 0 Å². The van der Waals surface area contributed by atoms with Crippen molar-refractivity contribution in [3.05, 3.63) is 47.4 Å². The molecule has 30 N–H and O–H groups in total. The number of carboxylic acids is 4. The molecule has 1 aromatic heterocycles. The summed E-state index contributed by atoms with van der Waals surface area (Å²) in [5.74, 6) is -22.5. The van der Waals surface area contributed by atoms with Crippen LogP contribution in [0.4, 0.5) is 11.5 Å². The van der Waals surface area contributed by atoms with Crippen molar-refractivity contribution >= 4 is 100 Å². The number of aliphatic imine (C=N–C) groups is 1. The average Bonchev–Trinajstić information content (AvgIpc) is 0.836. The van der Waals surface area contributed by atoms with Crippen LogP contribution in [-0.2, 0) is 75.4 Å². The van der Waals surface area contributed by atoms with E-state index in [-0.39, 0.29) is 31.0 Å². The van der Waals surface area contributed by atoms with Gasteiger partial charge in [0.15, 0.2) is 23.3 Å². The molecule has 19 atom stereocenters. The number of benzene rings is 1. The van der Waals surface area contributed by atoms with Crippen molar-refractivity contribution in [2.75, 3.05) is 50.1 Å². The van der Waals surface area contributed by atoms with Crippen LogP contribution in [0, 0.1) is 17.8 Å². The van der Waals surface area contributed by atoms with Crippen LogP contribution in [0.25, 0.3) is 0 Å². The molecule has 115 heavy (non-hydrogen) atoms. The number of aliphatic carboxylic acids is 4. The van der Waals surface area contributed by atoms with Crippen LogP contribution in [0.2, 0.25) is 0 Å². The smallest absolute Gasteiger partial charge is 0.326 e. The summed E-state index contributed by atoms with van der Waals surface area (Å²) in [5.41, 5.74) is 7.21. The number of carboxylic acid groups (broad SMARTS) is 4. The van der Waals surface area contributed by atoms with Gasteiger partial charge in [-0.3, -0.25) is 57.5 Å². The fourth-order valence-corrected chi connectivity index (χ4v) is 11.2. The van der Waals surface area contributed by atoms with Gasteiger partial charge in [0.25, 0.3) is 5.91 Å². The second-order valence-corrected chi connectivity index (χ2v) is 27.2. The molecule has 0 aliphatic carbocycles. The van der Waals surface area contributed by atoms with E-state index in [9.17, 15) is 159 Å². The summed E-state index contributed by atoms with van der Waals surface area (Å²) in [7, 11) is 0. The van der Waals surface area contributed by atoms with Gasteiger partial charge in [0.2, 0.25) is 35.4 Å². The minimum absolute atomic E-state index is 0.0373. The minimum atomic E-state index is -2.21. The quantitative estimate of drug-likeness (QED) is 0.0292. The molecule has 0 bridgehead atoms. The Bertz CT molecular complexity index is 3620. The molecule has 46 heteroatoms. The number of ketones is 3. The van der Waals surface area contributed by atoms with Gasteiger partial charge >= 0.3 is 23.9 Å². The molecule has 0 spiro atoms. The Hall–Kier alpha value is -10.1. The van der Waals surface area contributed by atoms with Crippen molar-refractivity contribution in [1.29, 1.82) is 0 Å². The minimum Gasteiger partial charge on any atom is -0.481 e. The number of fused-ring (bicyclic) bond motifs is 1. The first-order chi connectivity index (χ1) is 54.1. The summed E-state index contributed by atoms with van der Waals surface area (Å²) >= 11 is 0. The van der Waals surface area contributed by atoms with Gasteiger partial charge in [0, 0.05) is 106 Å². The van der Waals surface area contributed by atoms with Crippen molar-refractivity contribution in [3.8, 4) is 0 Å². The lowest BCUT2D eigenvalue weighted by molar-refractivity contribution is -0.143. The average molecular weight is 1640 g/mol. The van der Waals surface area contributed by atoms with Crippen LogP contribution in [0.15, 0.2) is 35.5 Å². The Morgan fingerprint density at radius 2 is 0.835 bits per heavy atom. The second kappa shape index (κ2) is 50.3. The summed E-state index contributed by atoms with van der Waals surface area (Å²) in [6.07, 6.45) is -36.2. The first-order valence-electron chi connectivity index (χ1n) is 36.4. The van der Waals surface area contributed by atoms with Gasteiger partial charge in [0.05, 0.1) is 75.2 Å². The molecule has 0 fully saturated rings. The normalized spacial score (nSPS) is 16.9. The van der Waals surface area contributed by atoms with Crippen molar-refractivity contribution < 1.29 is 164 Å². The zero-order valence-electron chi connectivity index (χ0n) is 62.5. The molecule has 0 radical (unpaired) electrons. The lowest BCUT2D eigenvalue weighted by Crippen LogP contribution is -2.50. The van der Waals surface area contributed by atoms with Crippen LogP contribution in [-0.4, -0.2) is 332 Å². The van der Waals surface area contributed by atoms with E-state index < -0.39 is 334 Å². The molecular formula is C69H105N13O33. The highest BCUT2D eigenvalue weighted by Crippen LogP contribution is 2.24. The van der Waals surface area contributed by atoms with Gasteiger partial charge in [-0.2, -0.15) is 0 Å². The topological polar surface area (TPSA) is 796 Å². The number of aliphatic hydroxyl groups is 15. The second-order valence-electron chi connectivity index (χ2n) is 27.2. The molecule has 46 nitrogen and oxygen atoms in total. The van der Waals surface area contributed by atoms with E-state index >= 15 is 0 Å². The largest absolute Gasteiger partial charge is 0.481 e. The van der Waals surface area contributed by atoms with E-state index in [0.717, 1.165) is 0 Å². The number of Topliss-reactive ketones (excluding diaryl/α,β-unsaturated/α-hetero) is 3. The number of hydrogen-bond donors (Lipinski definition) is 29. The Kier molecular flexibility index (Phi) is 43.4. The number of aromatic nitrogens is 2. The van der Waals surface area contributed by atoms with E-state index in [1.165, 1.54) is 37.4 Å². The van der Waals surface area contributed by atoms with Gasteiger partial charge < -0.3 is 151 Å². The number of guanidine groups is 1. The summed E-state index contributed by atoms with van der Waals surface area (Å²) in [6.45, 7) is -4.06. The van der Waals surface area contributed by atoms with Crippen LogP contribution < -0.4 is 53.6 Å². The molecule has 2 heterocycles. The van der Waals surface area contributed by atoms with Crippen molar-refractivity contribution in [2.24, 2.45) is 28.5 Å². The van der Waals surface area contributed by atoms with Crippen LogP contribution in [0.5, 0.6) is 0 Å². The molecule has 0 unspecified atom stereocenters. The highest BCUT2D eigenvalue weighted by Gasteiger charge is 2.38. The van der Waals surface area contributed by atoms with Gasteiger partial charge in [-0.05, 0) is 69.2 Å². The number of nitrogens with two attached hydrogens (primary N) is 1. The number of carbonyl (C=O) groups is 14. The number of anilines is 2. The first kappa shape index (κ1) is 99.1. The number of nitrogens with zero attached hydrogens (tertiary/aromatic N) is 3. The molecule has 0 saturated heterocycles. The number of amides is 7. The maximum Gasteiger partial charge on any atom is 0.326 e. The van der Waals surface area contributed by atoms with E-state index in [0.29, 0.717) is 22.9 Å². The van der Waals surface area contributed by atoms with E-state index in [4.69, 9.17) is 10.8 Å². The van der Waals surface area contributed by atoms with Crippen molar-refractivity contribution in [2.45, 2.75) is 220 Å². The molecule has 644 valence electrons. The molecule has 3 rings (SSSR count). The first-order valence-corrected chi connectivity index (χ1v) is 36.4. The van der Waals surface area contributed by atoms with Gasteiger partial charge in [-0.25, -0.2) is 24.5 Å². The predicted molar refractivity (Wildman–Crippen MR) is 390 cm³/mol. The number of rotatable bonds is 58. The Morgan fingerprint density at radius 3 is 1.21 bits per heavy atom. The molecule has 7 amide bonds. The third-order valence-electron chi connectivity index (χ3n) is 18.3. The van der Waals surface area contributed by atoms with E-state index in [2.05, 4.69) is 62.8 Å². The lowest BCUT2D eigenvalue weighted by atomic mass is 9.89. The molecule has 2 aromatic rings. The number of aliphatic hydroxyl groups excluding tert-OH is 15. The number of nitrogens with one attached hydrogen (secondary N) is 9. The monoisotopic (exact) mass is 1640 g/mol. The fourth-order valence-electron chi connectivity index (χ4n) is 11.2. The Labute approximate surface area is 655 Å². The predicted octanol–water partition coefficient (Wildman–Crippen LogP) is -10.3. The van der Waals surface area contributed by atoms with Gasteiger partial charge in [-0.1, -0.05) is 6.92 Å². The molecular weight excluding hydrogens is 1540 g/mol. The third kappa shape index (κ3) is 34.9. The molecule has 0 saturated carbocycles. The van der Waals surface area contributed by atoms with E-state index in [1.807, 2.05) is 0 Å². The standard InChI is InChI=1S/C69H105N13O33/c1-2-38(67(112)113)78-65(110)33(6-15-52(96)73-26-46(90)57(103)60(106)49(93)29-84)20-43(87)40(13-18-55(100)101)80-66(111)34(7-16-53(97)74-27-47(91)58(104)61(107)50(94)30-85)21-44(88)39(12-17-54(98)99)79-64(109)32(5-14-51(95)72-25-45(89)56(102)59(105)48(92)28-83)19-37(86)10-11-41(68(114)115)81-63(108)31-3-8-35(9-4-31)71-22-36-23-75-62-42(77-36)24-76-69(70)82-62/h3-4,8-9,23,32-34,38-41,45-50,56-61,71,83-85,89-94,102-107H,2,5-7,10-22,24-30H2,1H3,(H,72,95)(H,73,96)(H,74,97)(H,78,110)(H,79,109)(H,80,111)(H,81,108)(H,98,99)(H,100,101)(H,112,113)(H,114,115)(H3,70,75,76,82)/t32-,33-,34-,38+,39+,40+,41+,45+,46+,47+,48-,49-,50-,56-,57-,58-,59-,60-,61-/m1/s1. The van der Waals surface area contributed by atoms with Gasteiger partial charge in [0.1, 0.15) is 78.5 Å². The maximum atomic E-state index is 14.8. The SMILES string of the molecule is CC[C@H](NC(=O)[C@H](CCC(=O)NC[C@H](O)[C@@H](O)[C@H](O)[C@H](O)CO)CC(=O)[C@H](CCC(=O)O)NC(=O)[C@H](CCC(=O)NC[C@H](O)[C@@H](O)[C@H](O)[C@H](O)CO)CC(=O)[C@H](CCC(=O)O)NC(=O)[C@H](CCC(=O)NC[C@H](O)[C@@H](O)[C@H](O)[C@H](O)CO)CC(=O)CC[C@H](NC(=O)c1ccc(NCc2cnc3c(n2)CN=C(N)N3)cc1)C(=O)O)C(=O)O. The Morgan fingerprint density at radius 1 is 0.461 bits per heavy atom. The lowest BCUT2D eigenvalue weighted by Gasteiger charge is -2.26. The van der Waals surface area contributed by atoms with Crippen LogP contribution in [0.1, 0.15) is 131 Å². The molecule has 1 aliphatic rings. The molecule has 1 aromatic carbocycles. The fraction of sp³-hybridized carbons (Fsp3) is 0.638. The van der Waals surface area contributed by atoms with Gasteiger partial charge in [-0.15, -0.1) is 0 Å². The zero-order chi connectivity index (χ0) is 86.5. The van der Waals surface area contributed by atoms with Crippen molar-refractivity contribution in [1.82, 2.24) is 47.2 Å². The van der Waals surface area contributed by atoms with E-state index in [1.54, 1.807) is 0 Å². The maximum absolute atomic E-state index is 14.8. The zero-order valence-corrected chi connectivity index (χ0v) is 62.5. The summed E-state index contributed by atoms with van der Waals surface area (Å²) in [4.78, 5) is 201. The summed E-state index contributed by atoms with van der Waals surface area (Å²) in [6, 6.07) is -1.73. The highest BCUT2D eigenvalue weighted by molar-refractivity contribution is 5.99. The molecule has 1 aliphatic heterocycles. The highest BCUT2D eigenvalue weighted by atomic mass is 16.4. The number of carbonyl (C=O) groups excluding carboxylic acids is 10. The van der Waals surface area contributed by atoms with Crippen molar-refractivity contribution in [3.63, 3.8) is 0 Å². The Balaban J connectivity index is 2.04.